The first-order valence-electron chi connectivity index (χ1n) is 8.32. The summed E-state index contributed by atoms with van der Waals surface area (Å²) in [6, 6.07) is 8.40. The van der Waals surface area contributed by atoms with Crippen LogP contribution in [0.15, 0.2) is 42.5 Å². The van der Waals surface area contributed by atoms with Crippen LogP contribution in [0.25, 0.3) is 0 Å². The molecule has 27 heavy (non-hydrogen) atoms. The van der Waals surface area contributed by atoms with Crippen molar-refractivity contribution in [1.29, 1.82) is 0 Å². The van der Waals surface area contributed by atoms with Crippen LogP contribution in [0.4, 0.5) is 13.2 Å². The lowest BCUT2D eigenvalue weighted by Crippen LogP contribution is -2.46. The summed E-state index contributed by atoms with van der Waals surface area (Å²) in [5.74, 6) is -3.31. The molecule has 0 bridgehead atoms. The van der Waals surface area contributed by atoms with Gasteiger partial charge in [-0.25, -0.2) is 13.2 Å². The molecule has 0 aliphatic carbocycles. The average molecular weight is 378 g/mol. The molecule has 0 aromatic heterocycles. The summed E-state index contributed by atoms with van der Waals surface area (Å²) in [6.45, 7) is 0.572. The van der Waals surface area contributed by atoms with Crippen LogP contribution in [0.2, 0.25) is 0 Å². The van der Waals surface area contributed by atoms with Gasteiger partial charge in [0.25, 0.3) is 5.91 Å². The van der Waals surface area contributed by atoms with Gasteiger partial charge in [0.1, 0.15) is 23.6 Å². The van der Waals surface area contributed by atoms with Gasteiger partial charge >= 0.3 is 0 Å². The largest absolute Gasteiger partial charge is 0.370 e. The predicted molar refractivity (Wildman–Crippen MR) is 90.4 cm³/mol. The van der Waals surface area contributed by atoms with Crippen LogP contribution >= 0.6 is 0 Å². The highest BCUT2D eigenvalue weighted by Crippen LogP contribution is 2.22. The molecule has 1 saturated heterocycles. The molecule has 3 rings (SSSR count). The minimum absolute atomic E-state index is 0.255. The van der Waals surface area contributed by atoms with Crippen LogP contribution < -0.4 is 5.32 Å². The van der Waals surface area contributed by atoms with Crippen LogP contribution in [0, 0.1) is 17.5 Å². The van der Waals surface area contributed by atoms with Gasteiger partial charge in [-0.1, -0.05) is 12.1 Å². The maximum Gasteiger partial charge on any atom is 0.254 e. The molecule has 1 fully saturated rings. The molecule has 8 heteroatoms. The number of nitrogens with zero attached hydrogens (tertiary/aromatic N) is 1. The van der Waals surface area contributed by atoms with E-state index < -0.39 is 23.6 Å². The number of benzene rings is 2. The van der Waals surface area contributed by atoms with E-state index in [4.69, 9.17) is 4.74 Å². The number of ether oxygens (including phenoxy) is 1. The first-order chi connectivity index (χ1) is 12.9. The topological polar surface area (TPSA) is 58.6 Å². The zero-order valence-electron chi connectivity index (χ0n) is 14.3. The lowest BCUT2D eigenvalue weighted by molar-refractivity contribution is -0.137. The lowest BCUT2D eigenvalue weighted by Gasteiger charge is -2.33. The number of hydrogen-bond acceptors (Lipinski definition) is 3. The zero-order valence-corrected chi connectivity index (χ0v) is 14.3. The van der Waals surface area contributed by atoms with Crippen molar-refractivity contribution in [3.05, 3.63) is 71.0 Å². The molecule has 0 spiro atoms. The summed E-state index contributed by atoms with van der Waals surface area (Å²) in [6.07, 6.45) is -0.395. The van der Waals surface area contributed by atoms with Gasteiger partial charge < -0.3 is 15.0 Å². The van der Waals surface area contributed by atoms with E-state index in [1.165, 1.54) is 17.0 Å². The number of rotatable bonds is 4. The predicted octanol–water partition coefficient (Wildman–Crippen LogP) is 2.43. The number of morpholine rings is 1. The van der Waals surface area contributed by atoms with Crippen LogP contribution in [-0.2, 0) is 9.53 Å². The Kier molecular flexibility index (Phi) is 5.75. The second-order valence-electron chi connectivity index (χ2n) is 6.06. The van der Waals surface area contributed by atoms with Gasteiger partial charge in [0, 0.05) is 12.6 Å². The number of carbonyl (C=O) groups is 2. The van der Waals surface area contributed by atoms with Crippen molar-refractivity contribution in [2.75, 3.05) is 26.2 Å². The molecule has 2 aromatic rings. The number of nitrogens with one attached hydrogen (secondary N) is 1. The Labute approximate surface area is 153 Å². The third-order valence-electron chi connectivity index (χ3n) is 4.24. The Morgan fingerprint density at radius 2 is 1.78 bits per heavy atom. The summed E-state index contributed by atoms with van der Waals surface area (Å²) < 4.78 is 45.2. The highest BCUT2D eigenvalue weighted by atomic mass is 19.1. The Morgan fingerprint density at radius 1 is 1.07 bits per heavy atom. The molecule has 1 N–H and O–H groups in total. The fourth-order valence-electron chi connectivity index (χ4n) is 2.79. The van der Waals surface area contributed by atoms with Gasteiger partial charge in [0.2, 0.25) is 5.91 Å². The van der Waals surface area contributed by atoms with Gasteiger partial charge in [0.05, 0.1) is 25.3 Å². The van der Waals surface area contributed by atoms with Crippen LogP contribution in [0.1, 0.15) is 22.0 Å². The molecule has 1 heterocycles. The monoisotopic (exact) mass is 378 g/mol. The molecule has 2 aromatic carbocycles. The molecule has 1 aliphatic heterocycles. The second-order valence-corrected chi connectivity index (χ2v) is 6.06. The molecule has 1 atom stereocenters. The van der Waals surface area contributed by atoms with E-state index in [9.17, 15) is 22.8 Å². The van der Waals surface area contributed by atoms with Crippen molar-refractivity contribution in [3.8, 4) is 0 Å². The van der Waals surface area contributed by atoms with E-state index in [1.807, 2.05) is 0 Å². The molecule has 1 aliphatic rings. The normalized spacial score (nSPS) is 16.9. The SMILES string of the molecule is O=C(NCC(=O)N1CCOC(c2ccc(F)cc2)C1)c1ccc(F)cc1F. The highest BCUT2D eigenvalue weighted by molar-refractivity contribution is 5.96. The maximum atomic E-state index is 13.6. The van der Waals surface area contributed by atoms with Crippen molar-refractivity contribution < 1.29 is 27.5 Å². The number of carbonyl (C=O) groups excluding carboxylic acids is 2. The molecule has 0 radical (unpaired) electrons. The third kappa shape index (κ3) is 4.65. The first-order valence-corrected chi connectivity index (χ1v) is 8.32. The lowest BCUT2D eigenvalue weighted by atomic mass is 10.1. The Morgan fingerprint density at radius 3 is 2.48 bits per heavy atom. The molecular formula is C19H17F3N2O3. The van der Waals surface area contributed by atoms with E-state index in [2.05, 4.69) is 5.32 Å². The smallest absolute Gasteiger partial charge is 0.254 e. The fourth-order valence-corrected chi connectivity index (χ4v) is 2.79. The van der Waals surface area contributed by atoms with E-state index in [1.54, 1.807) is 12.1 Å². The van der Waals surface area contributed by atoms with Crippen molar-refractivity contribution in [1.82, 2.24) is 10.2 Å². The van der Waals surface area contributed by atoms with Crippen molar-refractivity contribution >= 4 is 11.8 Å². The van der Waals surface area contributed by atoms with Gasteiger partial charge in [0.15, 0.2) is 0 Å². The fraction of sp³-hybridized carbons (Fsp3) is 0.263. The molecule has 5 nitrogen and oxygen atoms in total. The van der Waals surface area contributed by atoms with Crippen molar-refractivity contribution in [2.24, 2.45) is 0 Å². The number of halogens is 3. The number of amides is 2. The summed E-state index contributed by atoms with van der Waals surface area (Å²) in [5.41, 5.74) is 0.404. The molecule has 142 valence electrons. The van der Waals surface area contributed by atoms with Crippen molar-refractivity contribution in [3.63, 3.8) is 0 Å². The average Bonchev–Trinajstić information content (AvgIpc) is 2.66. The van der Waals surface area contributed by atoms with Gasteiger partial charge in [-0.2, -0.15) is 0 Å². The summed E-state index contributed by atoms with van der Waals surface area (Å²) in [7, 11) is 0. The molecule has 1 unspecified atom stereocenters. The Bertz CT molecular complexity index is 843. The zero-order chi connectivity index (χ0) is 19.4. The van der Waals surface area contributed by atoms with E-state index in [0.29, 0.717) is 19.2 Å². The van der Waals surface area contributed by atoms with E-state index in [0.717, 1.165) is 17.7 Å². The van der Waals surface area contributed by atoms with Gasteiger partial charge in [-0.3, -0.25) is 9.59 Å². The van der Waals surface area contributed by atoms with Crippen LogP contribution in [-0.4, -0.2) is 43.0 Å². The summed E-state index contributed by atoms with van der Waals surface area (Å²) >= 11 is 0. The van der Waals surface area contributed by atoms with E-state index >= 15 is 0 Å². The van der Waals surface area contributed by atoms with Crippen molar-refractivity contribution in [2.45, 2.75) is 6.10 Å². The Hall–Kier alpha value is -2.87. The molecular weight excluding hydrogens is 361 g/mol. The molecule has 0 saturated carbocycles. The minimum Gasteiger partial charge on any atom is -0.370 e. The van der Waals surface area contributed by atoms with Gasteiger partial charge in [-0.15, -0.1) is 0 Å². The third-order valence-corrected chi connectivity index (χ3v) is 4.24. The molecule has 2 amide bonds. The summed E-state index contributed by atoms with van der Waals surface area (Å²) in [5, 5.41) is 2.34. The second kappa shape index (κ2) is 8.22. The standard InChI is InChI=1S/C19H17F3N2O3/c20-13-3-1-12(2-4-13)17-11-24(7-8-27-17)18(25)10-23-19(26)15-6-5-14(21)9-16(15)22/h1-6,9,17H,7-8,10-11H2,(H,23,26). The first kappa shape index (κ1) is 18.9. The Balaban J connectivity index is 1.57. The van der Waals surface area contributed by atoms with Gasteiger partial charge in [-0.05, 0) is 29.8 Å². The van der Waals surface area contributed by atoms with Crippen LogP contribution in [0.3, 0.4) is 0 Å². The maximum absolute atomic E-state index is 13.6. The minimum atomic E-state index is -0.998. The highest BCUT2D eigenvalue weighted by Gasteiger charge is 2.26. The number of hydrogen-bond donors (Lipinski definition) is 1. The van der Waals surface area contributed by atoms with Crippen LogP contribution in [0.5, 0.6) is 0 Å². The quantitative estimate of drug-likeness (QED) is 0.889. The summed E-state index contributed by atoms with van der Waals surface area (Å²) in [4.78, 5) is 25.8. The van der Waals surface area contributed by atoms with E-state index in [-0.39, 0.29) is 30.4 Å².